The van der Waals surface area contributed by atoms with Gasteiger partial charge in [0.05, 0.1) is 0 Å². The van der Waals surface area contributed by atoms with Crippen LogP contribution in [0.2, 0.25) is 0 Å². The fraction of sp³-hybridized carbons (Fsp3) is 0.438. The van der Waals surface area contributed by atoms with Gasteiger partial charge in [0.25, 0.3) is 0 Å². The number of rotatable bonds is 4. The van der Waals surface area contributed by atoms with Gasteiger partial charge in [-0.2, -0.15) is 10.8 Å². The molecule has 4 aliphatic carbocycles. The summed E-state index contributed by atoms with van der Waals surface area (Å²) in [4.78, 5) is 0. The fourth-order valence-electron chi connectivity index (χ4n) is 7.69. The van der Waals surface area contributed by atoms with Gasteiger partial charge < -0.3 is 6.42 Å². The quantitative estimate of drug-likeness (QED) is 0.306. The van der Waals surface area contributed by atoms with Crippen molar-refractivity contribution in [3.8, 4) is 22.3 Å². The molecule has 1 heteroatoms. The van der Waals surface area contributed by atoms with E-state index in [1.54, 1.807) is 64.2 Å². The van der Waals surface area contributed by atoms with Gasteiger partial charge in [-0.05, 0) is 11.8 Å². The normalized spacial score (nSPS) is 31.2. The van der Waals surface area contributed by atoms with E-state index in [0.717, 1.165) is 22.7 Å². The van der Waals surface area contributed by atoms with Crippen LogP contribution in [0.25, 0.3) is 22.3 Å². The maximum absolute atomic E-state index is 2.92. The molecule has 0 radical (unpaired) electrons. The Balaban J connectivity index is 0.000000135. The van der Waals surface area contributed by atoms with Gasteiger partial charge in [0.2, 0.25) is 0 Å². The van der Waals surface area contributed by atoms with Crippen LogP contribution in [0, 0.1) is 29.1 Å². The van der Waals surface area contributed by atoms with Crippen LogP contribution in [0.4, 0.5) is 0 Å². The van der Waals surface area contributed by atoms with E-state index < -0.39 is 0 Å². The van der Waals surface area contributed by atoms with Crippen molar-refractivity contribution in [1.82, 2.24) is 0 Å². The number of hydrogen-bond acceptors (Lipinski definition) is 0. The maximum atomic E-state index is 2.92. The summed E-state index contributed by atoms with van der Waals surface area (Å²) in [5.41, 5.74) is 6.63. The van der Waals surface area contributed by atoms with Gasteiger partial charge in [-0.1, -0.05) is 129 Å². The molecule has 0 saturated heterocycles. The SMILES string of the molecule is [CH-](C12CCC(CC1)C2)C12CCC(CC1)C2.[Zr+2].c1ccc(-c2ccc[c-]2-c2ccccc2)cc1. The average Bonchev–Trinajstić information content (AvgIpc) is 3.67. The summed E-state index contributed by atoms with van der Waals surface area (Å²) in [5.74, 6) is 2.24. The molecule has 4 aliphatic rings. The molecular weight excluding hydrogens is 476 g/mol. The molecule has 0 atom stereocenters. The van der Waals surface area contributed by atoms with E-state index in [2.05, 4.69) is 85.3 Å². The molecule has 0 aliphatic heterocycles. The smallest absolute Gasteiger partial charge is 0.316 e. The van der Waals surface area contributed by atoms with Crippen molar-refractivity contribution in [1.29, 1.82) is 0 Å². The minimum absolute atomic E-state index is 0. The van der Waals surface area contributed by atoms with Crippen molar-refractivity contribution in [3.05, 3.63) is 85.3 Å². The van der Waals surface area contributed by atoms with Crippen molar-refractivity contribution >= 4 is 0 Å². The molecule has 0 aromatic heterocycles. The second-order valence-electron chi connectivity index (χ2n) is 11.2. The largest absolute Gasteiger partial charge is 2.00 e. The molecule has 4 bridgehead atoms. The molecule has 0 unspecified atom stereocenters. The van der Waals surface area contributed by atoms with Crippen LogP contribution in [0.1, 0.15) is 64.2 Å². The molecule has 33 heavy (non-hydrogen) atoms. The Kier molecular flexibility index (Phi) is 6.91. The Morgan fingerprint density at radius 1 is 0.636 bits per heavy atom. The second-order valence-corrected chi connectivity index (χ2v) is 11.2. The summed E-state index contributed by atoms with van der Waals surface area (Å²) in [6.07, 6.45) is 18.4. The van der Waals surface area contributed by atoms with Gasteiger partial charge in [0.1, 0.15) is 0 Å². The Labute approximate surface area is 219 Å². The summed E-state index contributed by atoms with van der Waals surface area (Å²) < 4.78 is 0. The first-order valence-corrected chi connectivity index (χ1v) is 13.0. The van der Waals surface area contributed by atoms with Gasteiger partial charge in [-0.25, -0.2) is 0 Å². The van der Waals surface area contributed by atoms with Crippen LogP contribution in [-0.2, 0) is 26.2 Å². The standard InChI is InChI=1S/C17H13.C15H23.Zr/c1-3-8-14(9-4-1)16-12-7-13-17(16)15-10-5-2-6-11-15;1-5-14(6-2-12(1)9-14)11-15-7-3-13(10-15)4-8-15;/h1-13H;11-13H,1-10H2;/q2*-1;+2. The molecule has 0 nitrogen and oxygen atoms in total. The molecule has 7 rings (SSSR count). The summed E-state index contributed by atoms with van der Waals surface area (Å²) in [6.45, 7) is 0. The Hall–Kier alpha value is -1.33. The van der Waals surface area contributed by atoms with Crippen LogP contribution in [0.15, 0.2) is 78.9 Å². The van der Waals surface area contributed by atoms with Gasteiger partial charge in [-0.15, -0.1) is 35.9 Å². The summed E-state index contributed by atoms with van der Waals surface area (Å²) in [5, 5.41) is 0. The van der Waals surface area contributed by atoms with Gasteiger partial charge in [0, 0.05) is 0 Å². The molecule has 0 N–H and O–H groups in total. The molecule has 3 aromatic carbocycles. The zero-order valence-electron chi connectivity index (χ0n) is 19.8. The zero-order chi connectivity index (χ0) is 21.4. The minimum Gasteiger partial charge on any atom is -0.316 e. The monoisotopic (exact) mass is 510 g/mol. The van der Waals surface area contributed by atoms with Gasteiger partial charge in [0.15, 0.2) is 0 Å². The van der Waals surface area contributed by atoms with Crippen molar-refractivity contribution in [2.45, 2.75) is 64.2 Å². The third-order valence-corrected chi connectivity index (χ3v) is 9.19. The number of hydrogen-bond donors (Lipinski definition) is 0. The van der Waals surface area contributed by atoms with Gasteiger partial charge in [-0.3, -0.25) is 0 Å². The first-order chi connectivity index (χ1) is 15.7. The van der Waals surface area contributed by atoms with Crippen molar-refractivity contribution in [2.75, 3.05) is 0 Å². The predicted molar refractivity (Wildman–Crippen MR) is 135 cm³/mol. The van der Waals surface area contributed by atoms with E-state index in [1.165, 1.54) is 22.3 Å². The van der Waals surface area contributed by atoms with E-state index in [4.69, 9.17) is 0 Å². The van der Waals surface area contributed by atoms with E-state index in [9.17, 15) is 0 Å². The number of fused-ring (bicyclic) bond motifs is 4. The van der Waals surface area contributed by atoms with E-state index >= 15 is 0 Å². The van der Waals surface area contributed by atoms with Crippen LogP contribution < -0.4 is 0 Å². The molecule has 0 spiro atoms. The fourth-order valence-corrected chi connectivity index (χ4v) is 7.69. The summed E-state index contributed by atoms with van der Waals surface area (Å²) >= 11 is 0. The molecule has 0 heterocycles. The van der Waals surface area contributed by atoms with E-state index in [-0.39, 0.29) is 26.2 Å². The summed E-state index contributed by atoms with van der Waals surface area (Å²) in [6, 6.07) is 27.5. The Morgan fingerprint density at radius 2 is 1.15 bits per heavy atom. The average molecular weight is 512 g/mol. The Morgan fingerprint density at radius 3 is 1.64 bits per heavy atom. The van der Waals surface area contributed by atoms with Crippen LogP contribution in [0.5, 0.6) is 0 Å². The van der Waals surface area contributed by atoms with Crippen LogP contribution >= 0.6 is 0 Å². The Bertz CT molecular complexity index is 933. The second kappa shape index (κ2) is 9.73. The zero-order valence-corrected chi connectivity index (χ0v) is 22.3. The molecule has 0 amide bonds. The molecular formula is C32H36Zr. The molecule has 4 saturated carbocycles. The van der Waals surface area contributed by atoms with Crippen LogP contribution in [0.3, 0.4) is 0 Å². The van der Waals surface area contributed by atoms with Gasteiger partial charge >= 0.3 is 26.2 Å². The van der Waals surface area contributed by atoms with Crippen LogP contribution in [-0.4, -0.2) is 0 Å². The van der Waals surface area contributed by atoms with E-state index in [1.807, 2.05) is 0 Å². The maximum Gasteiger partial charge on any atom is 2.00 e. The molecule has 3 aromatic rings. The van der Waals surface area contributed by atoms with Crippen molar-refractivity contribution in [2.24, 2.45) is 22.7 Å². The van der Waals surface area contributed by atoms with Crippen molar-refractivity contribution in [3.63, 3.8) is 0 Å². The van der Waals surface area contributed by atoms with E-state index in [0.29, 0.717) is 0 Å². The number of benzene rings is 2. The first kappa shape index (κ1) is 23.4. The summed E-state index contributed by atoms with van der Waals surface area (Å²) in [7, 11) is 0. The third kappa shape index (κ3) is 4.77. The third-order valence-electron chi connectivity index (χ3n) is 9.19. The topological polar surface area (TPSA) is 0 Å². The minimum atomic E-state index is 0. The predicted octanol–water partition coefficient (Wildman–Crippen LogP) is 9.09. The molecule has 4 fully saturated rings. The first-order valence-electron chi connectivity index (χ1n) is 13.0. The van der Waals surface area contributed by atoms with Crippen molar-refractivity contribution < 1.29 is 26.2 Å². The molecule has 168 valence electrons.